The molecule has 0 aromatic carbocycles. The molecular formula is C21H38O2. The maximum absolute atomic E-state index is 5.82. The molecule has 3 unspecified atom stereocenters. The van der Waals surface area contributed by atoms with Gasteiger partial charge in [0, 0.05) is 0 Å². The summed E-state index contributed by atoms with van der Waals surface area (Å²) < 4.78 is 11.5. The van der Waals surface area contributed by atoms with Crippen molar-refractivity contribution in [2.75, 3.05) is 13.2 Å². The standard InChI is InChI=1S/C21H38O2/c1-6-15-22-17(4)9-10-19(8-3)18(5)20-11-13-21(14-12-20)23-16-7-2/h6-7,17-21H,1-2,8-16H2,3-5H3. The van der Waals surface area contributed by atoms with Crippen molar-refractivity contribution in [3.05, 3.63) is 25.3 Å². The van der Waals surface area contributed by atoms with Crippen molar-refractivity contribution in [2.45, 2.75) is 77.9 Å². The second kappa shape index (κ2) is 11.9. The molecule has 1 aliphatic carbocycles. The summed E-state index contributed by atoms with van der Waals surface area (Å²) in [7, 11) is 0. The van der Waals surface area contributed by atoms with E-state index in [-0.39, 0.29) is 0 Å². The first-order valence-electron chi connectivity index (χ1n) is 9.57. The van der Waals surface area contributed by atoms with Crippen molar-refractivity contribution < 1.29 is 9.47 Å². The zero-order chi connectivity index (χ0) is 17.1. The molecule has 1 saturated carbocycles. The van der Waals surface area contributed by atoms with E-state index in [4.69, 9.17) is 9.47 Å². The van der Waals surface area contributed by atoms with E-state index in [9.17, 15) is 0 Å². The fourth-order valence-electron chi connectivity index (χ4n) is 3.97. The summed E-state index contributed by atoms with van der Waals surface area (Å²) in [5, 5.41) is 0. The maximum Gasteiger partial charge on any atom is 0.0648 e. The summed E-state index contributed by atoms with van der Waals surface area (Å²) in [6.45, 7) is 15.8. The van der Waals surface area contributed by atoms with Gasteiger partial charge in [0.1, 0.15) is 0 Å². The van der Waals surface area contributed by atoms with Crippen LogP contribution in [0.25, 0.3) is 0 Å². The van der Waals surface area contributed by atoms with Crippen LogP contribution in [0, 0.1) is 17.8 Å². The van der Waals surface area contributed by atoms with Crippen molar-refractivity contribution in [3.63, 3.8) is 0 Å². The molecule has 0 aromatic heterocycles. The van der Waals surface area contributed by atoms with E-state index >= 15 is 0 Å². The van der Waals surface area contributed by atoms with Crippen LogP contribution in [0.5, 0.6) is 0 Å². The smallest absolute Gasteiger partial charge is 0.0648 e. The average molecular weight is 323 g/mol. The Kier molecular flexibility index (Phi) is 10.5. The maximum atomic E-state index is 5.82. The minimum absolute atomic E-state index is 0.345. The van der Waals surface area contributed by atoms with Crippen LogP contribution in [0.2, 0.25) is 0 Å². The molecule has 3 atom stereocenters. The zero-order valence-corrected chi connectivity index (χ0v) is 15.6. The lowest BCUT2D eigenvalue weighted by Gasteiger charge is -2.36. The van der Waals surface area contributed by atoms with Crippen LogP contribution in [-0.2, 0) is 9.47 Å². The Bertz CT molecular complexity index is 318. The highest BCUT2D eigenvalue weighted by Crippen LogP contribution is 2.37. The fraction of sp³-hybridized carbons (Fsp3) is 0.810. The zero-order valence-electron chi connectivity index (χ0n) is 15.6. The van der Waals surface area contributed by atoms with Crippen LogP contribution in [0.1, 0.15) is 65.7 Å². The minimum atomic E-state index is 0.345. The molecule has 0 aliphatic heterocycles. The third kappa shape index (κ3) is 7.67. The summed E-state index contributed by atoms with van der Waals surface area (Å²) >= 11 is 0. The Hall–Kier alpha value is -0.600. The van der Waals surface area contributed by atoms with Crippen molar-refractivity contribution in [1.82, 2.24) is 0 Å². The molecule has 23 heavy (non-hydrogen) atoms. The van der Waals surface area contributed by atoms with Gasteiger partial charge in [-0.2, -0.15) is 0 Å². The van der Waals surface area contributed by atoms with Gasteiger partial charge in [-0.1, -0.05) is 32.4 Å². The Morgan fingerprint density at radius 1 is 1.00 bits per heavy atom. The van der Waals surface area contributed by atoms with Gasteiger partial charge in [-0.25, -0.2) is 0 Å². The minimum Gasteiger partial charge on any atom is -0.374 e. The van der Waals surface area contributed by atoms with Gasteiger partial charge in [-0.15, -0.1) is 13.2 Å². The summed E-state index contributed by atoms with van der Waals surface area (Å²) in [4.78, 5) is 0. The Morgan fingerprint density at radius 2 is 1.65 bits per heavy atom. The lowest BCUT2D eigenvalue weighted by Crippen LogP contribution is -2.29. The van der Waals surface area contributed by atoms with Crippen molar-refractivity contribution in [3.8, 4) is 0 Å². The van der Waals surface area contributed by atoms with Gasteiger partial charge in [0.2, 0.25) is 0 Å². The average Bonchev–Trinajstić information content (AvgIpc) is 2.58. The molecule has 0 amide bonds. The van der Waals surface area contributed by atoms with E-state index in [1.165, 1.54) is 38.5 Å². The first-order valence-corrected chi connectivity index (χ1v) is 9.57. The highest BCUT2D eigenvalue weighted by molar-refractivity contribution is 4.81. The molecular weight excluding hydrogens is 284 g/mol. The number of ether oxygens (including phenoxy) is 2. The van der Waals surface area contributed by atoms with E-state index in [1.807, 2.05) is 12.2 Å². The predicted molar refractivity (Wildman–Crippen MR) is 99.7 cm³/mol. The molecule has 0 radical (unpaired) electrons. The molecule has 0 saturated heterocycles. The summed E-state index contributed by atoms with van der Waals surface area (Å²) in [5.74, 6) is 2.50. The Morgan fingerprint density at radius 3 is 2.22 bits per heavy atom. The van der Waals surface area contributed by atoms with Gasteiger partial charge in [0.25, 0.3) is 0 Å². The highest BCUT2D eigenvalue weighted by Gasteiger charge is 2.29. The van der Waals surface area contributed by atoms with Crippen LogP contribution >= 0.6 is 0 Å². The van der Waals surface area contributed by atoms with Crippen LogP contribution in [0.3, 0.4) is 0 Å². The number of hydrogen-bond donors (Lipinski definition) is 0. The third-order valence-electron chi connectivity index (χ3n) is 5.62. The molecule has 2 nitrogen and oxygen atoms in total. The number of hydrogen-bond acceptors (Lipinski definition) is 2. The molecule has 0 bridgehead atoms. The molecule has 1 aliphatic rings. The first kappa shape index (κ1) is 20.4. The normalized spacial score (nSPS) is 25.5. The van der Waals surface area contributed by atoms with Crippen LogP contribution in [0.4, 0.5) is 0 Å². The van der Waals surface area contributed by atoms with E-state index in [2.05, 4.69) is 33.9 Å². The van der Waals surface area contributed by atoms with E-state index in [0.29, 0.717) is 25.4 Å². The van der Waals surface area contributed by atoms with Gasteiger partial charge in [0.05, 0.1) is 25.4 Å². The first-order chi connectivity index (χ1) is 11.1. The van der Waals surface area contributed by atoms with Crippen molar-refractivity contribution in [1.29, 1.82) is 0 Å². The molecule has 1 rings (SSSR count). The van der Waals surface area contributed by atoms with Crippen LogP contribution < -0.4 is 0 Å². The summed E-state index contributed by atoms with van der Waals surface area (Å²) in [6, 6.07) is 0. The monoisotopic (exact) mass is 322 g/mol. The highest BCUT2D eigenvalue weighted by atomic mass is 16.5. The van der Waals surface area contributed by atoms with Gasteiger partial charge < -0.3 is 9.47 Å². The van der Waals surface area contributed by atoms with Gasteiger partial charge in [0.15, 0.2) is 0 Å². The third-order valence-corrected chi connectivity index (χ3v) is 5.62. The van der Waals surface area contributed by atoms with Crippen LogP contribution in [-0.4, -0.2) is 25.4 Å². The number of rotatable bonds is 12. The predicted octanol–water partition coefficient (Wildman–Crippen LogP) is 5.78. The molecule has 134 valence electrons. The molecule has 0 aromatic rings. The van der Waals surface area contributed by atoms with Gasteiger partial charge >= 0.3 is 0 Å². The lowest BCUT2D eigenvalue weighted by molar-refractivity contribution is 0.0198. The lowest BCUT2D eigenvalue weighted by atomic mass is 9.72. The molecule has 1 fully saturated rings. The molecule has 0 N–H and O–H groups in total. The SMILES string of the molecule is C=CCOC(C)CCC(CC)C(C)C1CCC(OCC=C)CC1. The van der Waals surface area contributed by atoms with Crippen molar-refractivity contribution in [2.24, 2.45) is 17.8 Å². The van der Waals surface area contributed by atoms with Crippen LogP contribution in [0.15, 0.2) is 25.3 Å². The second-order valence-corrected chi connectivity index (χ2v) is 7.20. The van der Waals surface area contributed by atoms with Gasteiger partial charge in [-0.3, -0.25) is 0 Å². The summed E-state index contributed by atoms with van der Waals surface area (Å²) in [6.07, 6.45) is 13.3. The summed E-state index contributed by atoms with van der Waals surface area (Å²) in [5.41, 5.74) is 0. The molecule has 2 heteroatoms. The quantitative estimate of drug-likeness (QED) is 0.424. The Labute approximate surface area is 144 Å². The second-order valence-electron chi connectivity index (χ2n) is 7.20. The Balaban J connectivity index is 2.34. The van der Waals surface area contributed by atoms with E-state index in [0.717, 1.165) is 24.2 Å². The topological polar surface area (TPSA) is 18.5 Å². The fourth-order valence-corrected chi connectivity index (χ4v) is 3.97. The van der Waals surface area contributed by atoms with E-state index < -0.39 is 0 Å². The molecule has 0 heterocycles. The van der Waals surface area contributed by atoms with E-state index in [1.54, 1.807) is 0 Å². The molecule has 0 spiro atoms. The van der Waals surface area contributed by atoms with Gasteiger partial charge in [-0.05, 0) is 63.2 Å². The van der Waals surface area contributed by atoms with Crippen molar-refractivity contribution >= 4 is 0 Å². The largest absolute Gasteiger partial charge is 0.374 e.